The molecular weight excluding hydrogens is 378 g/mol. The zero-order valence-corrected chi connectivity index (χ0v) is 16.9. The first kappa shape index (κ1) is 20.9. The lowest BCUT2D eigenvalue weighted by Gasteiger charge is -2.11. The van der Waals surface area contributed by atoms with Crippen LogP contribution < -0.4 is 20.7 Å². The molecule has 0 heterocycles. The third-order valence-corrected chi connectivity index (χ3v) is 4.30. The minimum Gasteiger partial charge on any atom is -0.489 e. The van der Waals surface area contributed by atoms with Gasteiger partial charge in [0.2, 0.25) is 5.91 Å². The molecule has 0 fully saturated rings. The normalized spacial score (nSPS) is 10.2. The van der Waals surface area contributed by atoms with Gasteiger partial charge in [-0.2, -0.15) is 0 Å². The molecule has 3 rings (SSSR count). The highest BCUT2D eigenvalue weighted by atomic mass is 16.5. The van der Waals surface area contributed by atoms with E-state index in [1.165, 1.54) is 0 Å². The van der Waals surface area contributed by atoms with Crippen molar-refractivity contribution in [2.24, 2.45) is 0 Å². The van der Waals surface area contributed by atoms with Gasteiger partial charge in [-0.3, -0.25) is 9.59 Å². The highest BCUT2D eigenvalue weighted by Crippen LogP contribution is 2.19. The molecule has 30 heavy (non-hydrogen) atoms. The molecule has 0 spiro atoms. The second-order valence-electron chi connectivity index (χ2n) is 6.64. The Kier molecular flexibility index (Phi) is 7.44. The Morgan fingerprint density at radius 3 is 2.37 bits per heavy atom. The third-order valence-electron chi connectivity index (χ3n) is 4.30. The van der Waals surface area contributed by atoms with E-state index < -0.39 is 0 Å². The van der Waals surface area contributed by atoms with Crippen LogP contribution in [0.4, 0.5) is 11.4 Å². The van der Waals surface area contributed by atoms with Crippen LogP contribution in [0.3, 0.4) is 0 Å². The molecular formula is C24H25N3O3. The van der Waals surface area contributed by atoms with E-state index in [1.807, 2.05) is 55.5 Å². The Morgan fingerprint density at radius 1 is 0.867 bits per heavy atom. The summed E-state index contributed by atoms with van der Waals surface area (Å²) in [7, 11) is 0. The molecule has 0 aliphatic carbocycles. The van der Waals surface area contributed by atoms with E-state index in [1.54, 1.807) is 30.3 Å². The molecule has 6 heteroatoms. The van der Waals surface area contributed by atoms with Crippen molar-refractivity contribution in [3.63, 3.8) is 0 Å². The van der Waals surface area contributed by atoms with Gasteiger partial charge in [0.25, 0.3) is 5.91 Å². The lowest BCUT2D eigenvalue weighted by molar-refractivity contribution is -0.114. The van der Waals surface area contributed by atoms with Crippen molar-refractivity contribution in [1.82, 2.24) is 5.32 Å². The van der Waals surface area contributed by atoms with Crippen LogP contribution in [-0.4, -0.2) is 24.9 Å². The quantitative estimate of drug-likeness (QED) is 0.503. The Morgan fingerprint density at radius 2 is 1.63 bits per heavy atom. The van der Waals surface area contributed by atoms with Crippen molar-refractivity contribution in [1.29, 1.82) is 0 Å². The number of benzene rings is 3. The largest absolute Gasteiger partial charge is 0.489 e. The van der Waals surface area contributed by atoms with Crippen molar-refractivity contribution in [3.05, 3.63) is 90.0 Å². The van der Waals surface area contributed by atoms with E-state index in [9.17, 15) is 9.59 Å². The number of ether oxygens (including phenoxy) is 1. The predicted octanol–water partition coefficient (Wildman–Crippen LogP) is 4.07. The lowest BCUT2D eigenvalue weighted by Crippen LogP contribution is -2.23. The number of carbonyl (C=O) groups is 2. The van der Waals surface area contributed by atoms with E-state index in [0.29, 0.717) is 30.2 Å². The summed E-state index contributed by atoms with van der Waals surface area (Å²) in [6, 6.07) is 24.2. The summed E-state index contributed by atoms with van der Waals surface area (Å²) in [6.07, 6.45) is 0. The summed E-state index contributed by atoms with van der Waals surface area (Å²) < 4.78 is 5.79. The van der Waals surface area contributed by atoms with Crippen molar-refractivity contribution < 1.29 is 14.3 Å². The first-order valence-electron chi connectivity index (χ1n) is 9.83. The van der Waals surface area contributed by atoms with Crippen LogP contribution in [0.25, 0.3) is 0 Å². The highest BCUT2D eigenvalue weighted by molar-refractivity contribution is 5.95. The zero-order valence-electron chi connectivity index (χ0n) is 16.9. The van der Waals surface area contributed by atoms with Crippen molar-refractivity contribution >= 4 is 23.2 Å². The molecule has 0 aliphatic rings. The third kappa shape index (κ3) is 6.38. The van der Waals surface area contributed by atoms with Gasteiger partial charge in [0, 0.05) is 29.5 Å². The number of hydrogen-bond acceptors (Lipinski definition) is 4. The molecule has 154 valence electrons. The molecule has 0 saturated carbocycles. The molecule has 3 N–H and O–H groups in total. The van der Waals surface area contributed by atoms with Gasteiger partial charge in [0.1, 0.15) is 12.4 Å². The van der Waals surface area contributed by atoms with E-state index in [0.717, 1.165) is 11.3 Å². The fourth-order valence-electron chi connectivity index (χ4n) is 2.79. The van der Waals surface area contributed by atoms with Gasteiger partial charge in [-0.05, 0) is 48.9 Å². The van der Waals surface area contributed by atoms with Crippen LogP contribution in [0.15, 0.2) is 78.9 Å². The SMILES string of the molecule is CCNC(=O)c1ccc(NCC(=O)Nc2cccc(OCc3ccccc3)c2)cc1. The molecule has 0 aliphatic heterocycles. The van der Waals surface area contributed by atoms with Gasteiger partial charge in [-0.1, -0.05) is 36.4 Å². The van der Waals surface area contributed by atoms with E-state index >= 15 is 0 Å². The van der Waals surface area contributed by atoms with Crippen LogP contribution in [0.1, 0.15) is 22.8 Å². The number of nitrogens with one attached hydrogen (secondary N) is 3. The van der Waals surface area contributed by atoms with Crippen LogP contribution in [0.5, 0.6) is 5.75 Å². The average Bonchev–Trinajstić information content (AvgIpc) is 2.78. The van der Waals surface area contributed by atoms with Gasteiger partial charge < -0.3 is 20.7 Å². The molecule has 0 radical (unpaired) electrons. The minimum atomic E-state index is -0.178. The van der Waals surface area contributed by atoms with E-state index in [2.05, 4.69) is 16.0 Å². The summed E-state index contributed by atoms with van der Waals surface area (Å²) in [5, 5.41) is 8.65. The average molecular weight is 403 g/mol. The van der Waals surface area contributed by atoms with Gasteiger partial charge >= 0.3 is 0 Å². The Hall–Kier alpha value is -3.80. The van der Waals surface area contributed by atoms with E-state index in [-0.39, 0.29) is 18.4 Å². The Bertz CT molecular complexity index is 973. The monoisotopic (exact) mass is 403 g/mol. The van der Waals surface area contributed by atoms with Gasteiger partial charge in [-0.15, -0.1) is 0 Å². The Labute approximate surface area is 176 Å². The fraction of sp³-hybridized carbons (Fsp3) is 0.167. The molecule has 2 amide bonds. The minimum absolute atomic E-state index is 0.107. The number of hydrogen-bond donors (Lipinski definition) is 3. The molecule has 6 nitrogen and oxygen atoms in total. The van der Waals surface area contributed by atoms with Crippen molar-refractivity contribution in [3.8, 4) is 5.75 Å². The second kappa shape index (κ2) is 10.7. The maximum absolute atomic E-state index is 12.3. The number of rotatable bonds is 9. The smallest absolute Gasteiger partial charge is 0.251 e. The summed E-state index contributed by atoms with van der Waals surface area (Å²) >= 11 is 0. The predicted molar refractivity (Wildman–Crippen MR) is 119 cm³/mol. The number of carbonyl (C=O) groups excluding carboxylic acids is 2. The molecule has 3 aromatic carbocycles. The maximum atomic E-state index is 12.3. The number of amides is 2. The molecule has 3 aromatic rings. The van der Waals surface area contributed by atoms with Gasteiger partial charge in [-0.25, -0.2) is 0 Å². The van der Waals surface area contributed by atoms with Gasteiger partial charge in [0.15, 0.2) is 0 Å². The van der Waals surface area contributed by atoms with E-state index in [4.69, 9.17) is 4.74 Å². The van der Waals surface area contributed by atoms with Crippen LogP contribution in [-0.2, 0) is 11.4 Å². The summed E-state index contributed by atoms with van der Waals surface area (Å²) in [6.45, 7) is 3.02. The zero-order chi connectivity index (χ0) is 21.2. The topological polar surface area (TPSA) is 79.5 Å². The van der Waals surface area contributed by atoms with Crippen molar-refractivity contribution in [2.75, 3.05) is 23.7 Å². The number of anilines is 2. The highest BCUT2D eigenvalue weighted by Gasteiger charge is 2.06. The van der Waals surface area contributed by atoms with Gasteiger partial charge in [0.05, 0.1) is 6.54 Å². The maximum Gasteiger partial charge on any atom is 0.251 e. The molecule has 0 unspecified atom stereocenters. The summed E-state index contributed by atoms with van der Waals surface area (Å²) in [5.41, 5.74) is 3.09. The second-order valence-corrected chi connectivity index (χ2v) is 6.64. The first-order chi connectivity index (χ1) is 14.6. The standard InChI is InChI=1S/C24H25N3O3/c1-2-25-24(29)19-11-13-20(14-12-19)26-16-23(28)27-21-9-6-10-22(15-21)30-17-18-7-4-3-5-8-18/h3-15,26H,2,16-17H2,1H3,(H,25,29)(H,27,28). The molecule has 0 atom stereocenters. The molecule has 0 saturated heterocycles. The first-order valence-corrected chi connectivity index (χ1v) is 9.83. The Balaban J connectivity index is 1.48. The van der Waals surface area contributed by atoms with Crippen LogP contribution >= 0.6 is 0 Å². The molecule has 0 aromatic heterocycles. The lowest BCUT2D eigenvalue weighted by atomic mass is 10.2. The summed E-state index contributed by atoms with van der Waals surface area (Å²) in [5.74, 6) is 0.393. The van der Waals surface area contributed by atoms with Crippen LogP contribution in [0, 0.1) is 0 Å². The van der Waals surface area contributed by atoms with Crippen molar-refractivity contribution in [2.45, 2.75) is 13.5 Å². The summed E-state index contributed by atoms with van der Waals surface area (Å²) in [4.78, 5) is 24.0. The molecule has 0 bridgehead atoms. The fourth-order valence-corrected chi connectivity index (χ4v) is 2.79. The van der Waals surface area contributed by atoms with Crippen LogP contribution in [0.2, 0.25) is 0 Å².